The van der Waals surface area contributed by atoms with Crippen molar-refractivity contribution in [2.45, 2.75) is 12.1 Å². The zero-order valence-corrected chi connectivity index (χ0v) is 15.1. The smallest absolute Gasteiger partial charge is 0.266 e. The Morgan fingerprint density at radius 3 is 2.07 bits per heavy atom. The lowest BCUT2D eigenvalue weighted by Crippen LogP contribution is -2.37. The normalized spacial score (nSPS) is 24.5. The Bertz CT molecular complexity index is 975. The lowest BCUT2D eigenvalue weighted by atomic mass is 9.95. The molecule has 0 unspecified atom stereocenters. The van der Waals surface area contributed by atoms with E-state index in [9.17, 15) is 9.59 Å². The fourth-order valence-electron chi connectivity index (χ4n) is 3.79. The highest BCUT2D eigenvalue weighted by atomic mass is 32.1. The van der Waals surface area contributed by atoms with E-state index in [1.54, 1.807) is 28.5 Å². The number of rotatable bonds is 3. The predicted molar refractivity (Wildman–Crippen MR) is 103 cm³/mol. The number of benzene rings is 2. The minimum absolute atomic E-state index is 0.215. The molecule has 0 saturated carbocycles. The zero-order chi connectivity index (χ0) is 18.4. The second kappa shape index (κ2) is 6.33. The third-order valence-corrected chi connectivity index (χ3v) is 5.92. The molecule has 134 valence electrons. The van der Waals surface area contributed by atoms with Gasteiger partial charge in [-0.3, -0.25) is 14.4 Å². The molecule has 3 heterocycles. The average Bonchev–Trinajstić information content (AvgIpc) is 3.41. The Hall–Kier alpha value is -2.96. The van der Waals surface area contributed by atoms with Crippen molar-refractivity contribution in [3.63, 3.8) is 0 Å². The first-order chi connectivity index (χ1) is 13.3. The Labute approximate surface area is 160 Å². The van der Waals surface area contributed by atoms with Crippen LogP contribution in [0.2, 0.25) is 0 Å². The van der Waals surface area contributed by atoms with E-state index in [0.29, 0.717) is 5.69 Å². The van der Waals surface area contributed by atoms with Crippen LogP contribution in [0.5, 0.6) is 0 Å². The molecule has 27 heavy (non-hydrogen) atoms. The van der Waals surface area contributed by atoms with Crippen LogP contribution in [0, 0.1) is 5.92 Å². The summed E-state index contributed by atoms with van der Waals surface area (Å²) in [6.45, 7) is 0. The number of imide groups is 1. The lowest BCUT2D eigenvalue weighted by Gasteiger charge is -2.27. The average molecular weight is 376 g/mol. The van der Waals surface area contributed by atoms with Gasteiger partial charge in [0.05, 0.1) is 11.4 Å². The first-order valence-corrected chi connectivity index (χ1v) is 9.61. The Morgan fingerprint density at radius 1 is 0.778 bits per heavy atom. The molecule has 3 atom stereocenters. The van der Waals surface area contributed by atoms with Gasteiger partial charge in [-0.15, -0.1) is 11.3 Å². The monoisotopic (exact) mass is 376 g/mol. The summed E-state index contributed by atoms with van der Waals surface area (Å²) in [4.78, 5) is 34.7. The van der Waals surface area contributed by atoms with E-state index in [0.717, 1.165) is 10.6 Å². The van der Waals surface area contributed by atoms with Gasteiger partial charge in [-0.25, -0.2) is 9.96 Å². The number of amides is 2. The highest BCUT2D eigenvalue weighted by Crippen LogP contribution is 2.48. The maximum absolute atomic E-state index is 13.3. The number of carbonyl (C=O) groups excluding carboxylic acids is 2. The van der Waals surface area contributed by atoms with E-state index in [1.807, 2.05) is 66.0 Å². The van der Waals surface area contributed by atoms with Crippen molar-refractivity contribution < 1.29 is 14.4 Å². The van der Waals surface area contributed by atoms with Crippen LogP contribution in [0.25, 0.3) is 0 Å². The lowest BCUT2D eigenvalue weighted by molar-refractivity contribution is -0.126. The summed E-state index contributed by atoms with van der Waals surface area (Å²) < 4.78 is 0. The second-order valence-electron chi connectivity index (χ2n) is 6.52. The van der Waals surface area contributed by atoms with E-state index in [-0.39, 0.29) is 17.9 Å². The van der Waals surface area contributed by atoms with Crippen LogP contribution in [0.3, 0.4) is 0 Å². The van der Waals surface area contributed by atoms with Gasteiger partial charge in [0, 0.05) is 4.88 Å². The van der Waals surface area contributed by atoms with Gasteiger partial charge in [0.2, 0.25) is 5.91 Å². The summed E-state index contributed by atoms with van der Waals surface area (Å²) >= 11 is 1.56. The molecule has 2 aliphatic rings. The number of anilines is 2. The van der Waals surface area contributed by atoms with Gasteiger partial charge in [-0.1, -0.05) is 42.5 Å². The second-order valence-corrected chi connectivity index (χ2v) is 7.50. The number of para-hydroxylation sites is 2. The summed E-state index contributed by atoms with van der Waals surface area (Å²) in [7, 11) is 0. The Morgan fingerprint density at radius 2 is 1.44 bits per heavy atom. The van der Waals surface area contributed by atoms with Crippen molar-refractivity contribution in [3.8, 4) is 0 Å². The van der Waals surface area contributed by atoms with Crippen LogP contribution in [0.15, 0.2) is 78.2 Å². The van der Waals surface area contributed by atoms with Gasteiger partial charge in [0.25, 0.3) is 5.91 Å². The summed E-state index contributed by atoms with van der Waals surface area (Å²) in [5.74, 6) is -1.10. The molecule has 0 aliphatic carbocycles. The third-order valence-electron chi connectivity index (χ3n) is 4.98. The van der Waals surface area contributed by atoms with Crippen LogP contribution in [-0.2, 0) is 14.4 Å². The standard InChI is InChI=1S/C21H16N2O3S/c24-20-17-18(16-12-7-13-27-16)23(15-10-5-2-6-11-15)26-19(17)21(25)22(20)14-8-3-1-4-9-14/h1-13,17-19H/t17-,18-,19-/m1/s1. The van der Waals surface area contributed by atoms with E-state index in [1.165, 1.54) is 4.90 Å². The predicted octanol–water partition coefficient (Wildman–Crippen LogP) is 3.80. The quantitative estimate of drug-likeness (QED) is 0.653. The van der Waals surface area contributed by atoms with Crippen molar-refractivity contribution in [1.82, 2.24) is 0 Å². The van der Waals surface area contributed by atoms with Crippen LogP contribution >= 0.6 is 11.3 Å². The van der Waals surface area contributed by atoms with Crippen molar-refractivity contribution >= 4 is 34.5 Å². The molecular weight excluding hydrogens is 360 g/mol. The van der Waals surface area contributed by atoms with Gasteiger partial charge in [0.1, 0.15) is 12.0 Å². The number of carbonyl (C=O) groups is 2. The maximum atomic E-state index is 13.3. The molecule has 2 aliphatic heterocycles. The molecule has 6 heteroatoms. The third kappa shape index (κ3) is 2.49. The summed E-state index contributed by atoms with van der Waals surface area (Å²) in [6, 6.07) is 22.2. The van der Waals surface area contributed by atoms with Gasteiger partial charge < -0.3 is 0 Å². The molecule has 0 N–H and O–H groups in total. The van der Waals surface area contributed by atoms with Crippen LogP contribution in [-0.4, -0.2) is 17.9 Å². The molecule has 2 amide bonds. The van der Waals surface area contributed by atoms with Gasteiger partial charge in [0.15, 0.2) is 6.10 Å². The van der Waals surface area contributed by atoms with Gasteiger partial charge in [-0.05, 0) is 35.7 Å². The first-order valence-electron chi connectivity index (χ1n) is 8.73. The number of thiophene rings is 1. The molecule has 0 bridgehead atoms. The highest BCUT2D eigenvalue weighted by Gasteiger charge is 2.60. The molecule has 1 aromatic heterocycles. The molecule has 5 nitrogen and oxygen atoms in total. The van der Waals surface area contributed by atoms with Crippen LogP contribution < -0.4 is 9.96 Å². The number of hydrogen-bond acceptors (Lipinski definition) is 5. The van der Waals surface area contributed by atoms with Crippen LogP contribution in [0.4, 0.5) is 11.4 Å². The minimum atomic E-state index is -0.815. The maximum Gasteiger partial charge on any atom is 0.266 e. The Balaban J connectivity index is 1.58. The van der Waals surface area contributed by atoms with Crippen molar-refractivity contribution in [2.75, 3.05) is 9.96 Å². The molecule has 3 aromatic rings. The van der Waals surface area contributed by atoms with E-state index in [4.69, 9.17) is 4.84 Å². The highest BCUT2D eigenvalue weighted by molar-refractivity contribution is 7.10. The molecular formula is C21H16N2O3S. The van der Waals surface area contributed by atoms with Gasteiger partial charge in [-0.2, -0.15) is 0 Å². The molecule has 2 fully saturated rings. The minimum Gasteiger partial charge on any atom is -0.273 e. The van der Waals surface area contributed by atoms with E-state index >= 15 is 0 Å². The molecule has 0 radical (unpaired) electrons. The van der Waals surface area contributed by atoms with E-state index < -0.39 is 12.0 Å². The molecule has 2 aromatic carbocycles. The molecule has 5 rings (SSSR count). The largest absolute Gasteiger partial charge is 0.273 e. The number of nitrogens with zero attached hydrogens (tertiary/aromatic N) is 2. The molecule has 2 saturated heterocycles. The zero-order valence-electron chi connectivity index (χ0n) is 14.3. The Kier molecular flexibility index (Phi) is 3.81. The topological polar surface area (TPSA) is 49.9 Å². The number of fused-ring (bicyclic) bond motifs is 1. The van der Waals surface area contributed by atoms with Gasteiger partial charge >= 0.3 is 0 Å². The molecule has 0 spiro atoms. The van der Waals surface area contributed by atoms with Crippen molar-refractivity contribution in [3.05, 3.63) is 83.1 Å². The van der Waals surface area contributed by atoms with Crippen molar-refractivity contribution in [1.29, 1.82) is 0 Å². The first kappa shape index (κ1) is 16.2. The van der Waals surface area contributed by atoms with E-state index in [2.05, 4.69) is 0 Å². The summed E-state index contributed by atoms with van der Waals surface area (Å²) in [6.07, 6.45) is -0.815. The van der Waals surface area contributed by atoms with Crippen molar-refractivity contribution in [2.24, 2.45) is 5.92 Å². The van der Waals surface area contributed by atoms with Crippen LogP contribution in [0.1, 0.15) is 10.9 Å². The number of hydroxylamine groups is 1. The summed E-state index contributed by atoms with van der Waals surface area (Å²) in [5.41, 5.74) is 1.42. The SMILES string of the molecule is O=C1[C@@H]2[C@@H](c3cccs3)N(c3ccccc3)O[C@H]2C(=O)N1c1ccccc1. The fourth-order valence-corrected chi connectivity index (χ4v) is 4.65. The fraction of sp³-hybridized carbons (Fsp3) is 0.143. The summed E-state index contributed by atoms with van der Waals surface area (Å²) in [5, 5.41) is 3.70. The number of hydrogen-bond donors (Lipinski definition) is 0.